The van der Waals surface area contributed by atoms with Crippen molar-refractivity contribution in [3.8, 4) is 5.75 Å². The maximum atomic E-state index is 13.6. The van der Waals surface area contributed by atoms with Gasteiger partial charge in [0.05, 0.1) is 13.2 Å². The molecule has 0 radical (unpaired) electrons. The fraction of sp³-hybridized carbons (Fsp3) is 0.346. The van der Waals surface area contributed by atoms with E-state index < -0.39 is 0 Å². The van der Waals surface area contributed by atoms with Crippen molar-refractivity contribution in [1.82, 2.24) is 18.7 Å². The second-order valence-corrected chi connectivity index (χ2v) is 8.74. The summed E-state index contributed by atoms with van der Waals surface area (Å²) in [4.78, 5) is 33.8. The number of imidazole rings is 1. The van der Waals surface area contributed by atoms with Crippen LogP contribution in [0.2, 0.25) is 0 Å². The number of ether oxygens (including phenoxy) is 1. The van der Waals surface area contributed by atoms with E-state index in [2.05, 4.69) is 4.90 Å². The Kier molecular flexibility index (Phi) is 5.73. The van der Waals surface area contributed by atoms with Gasteiger partial charge in [-0.25, -0.2) is 4.79 Å². The molecule has 176 valence electrons. The van der Waals surface area contributed by atoms with E-state index in [1.54, 1.807) is 7.05 Å². The second-order valence-electron chi connectivity index (χ2n) is 8.74. The number of hydrogen-bond donors (Lipinski definition) is 0. The molecule has 2 aromatic carbocycles. The molecule has 8 nitrogen and oxygen atoms in total. The number of benzene rings is 2. The van der Waals surface area contributed by atoms with Crippen LogP contribution >= 0.6 is 0 Å². The number of anilines is 2. The molecule has 0 bridgehead atoms. The van der Waals surface area contributed by atoms with E-state index in [1.165, 1.54) is 9.13 Å². The molecule has 0 unspecified atom stereocenters. The molecule has 5 rings (SSSR count). The third kappa shape index (κ3) is 3.79. The Bertz CT molecular complexity index is 1460. The second kappa shape index (κ2) is 8.85. The van der Waals surface area contributed by atoms with Crippen LogP contribution in [0.3, 0.4) is 0 Å². The minimum atomic E-state index is -0.361. The lowest BCUT2D eigenvalue weighted by Crippen LogP contribution is -2.40. The molecule has 0 saturated carbocycles. The van der Waals surface area contributed by atoms with E-state index in [-0.39, 0.29) is 17.8 Å². The summed E-state index contributed by atoms with van der Waals surface area (Å²) < 4.78 is 10.4. The predicted molar refractivity (Wildman–Crippen MR) is 133 cm³/mol. The molecule has 0 atom stereocenters. The summed E-state index contributed by atoms with van der Waals surface area (Å²) in [7, 11) is 1.69. The third-order valence-corrected chi connectivity index (χ3v) is 6.35. The van der Waals surface area contributed by atoms with Crippen molar-refractivity contribution in [3.63, 3.8) is 0 Å². The number of aryl methyl sites for hydroxylation is 3. The normalized spacial score (nSPS) is 13.7. The van der Waals surface area contributed by atoms with Gasteiger partial charge in [-0.1, -0.05) is 29.8 Å². The first-order chi connectivity index (χ1) is 16.5. The molecule has 1 aliphatic rings. The highest BCUT2D eigenvalue weighted by molar-refractivity contribution is 5.76. The lowest BCUT2D eigenvalue weighted by atomic mass is 10.1. The van der Waals surface area contributed by atoms with Gasteiger partial charge in [-0.15, -0.1) is 0 Å². The number of rotatable bonds is 5. The van der Waals surface area contributed by atoms with Crippen LogP contribution in [0.5, 0.6) is 5.75 Å². The molecule has 0 N–H and O–H groups in total. The van der Waals surface area contributed by atoms with Gasteiger partial charge in [0.25, 0.3) is 5.56 Å². The summed E-state index contributed by atoms with van der Waals surface area (Å²) >= 11 is 0. The van der Waals surface area contributed by atoms with Crippen LogP contribution in [-0.2, 0) is 20.1 Å². The quantitative estimate of drug-likeness (QED) is 0.456. The largest absolute Gasteiger partial charge is 0.494 e. The monoisotopic (exact) mass is 459 g/mol. The third-order valence-electron chi connectivity index (χ3n) is 6.35. The molecule has 8 heteroatoms. The molecule has 0 amide bonds. The molecule has 2 aromatic heterocycles. The van der Waals surface area contributed by atoms with Crippen LogP contribution in [0.25, 0.3) is 11.2 Å². The summed E-state index contributed by atoms with van der Waals surface area (Å²) in [5, 5.41) is 0. The molecule has 0 spiro atoms. The van der Waals surface area contributed by atoms with Crippen molar-refractivity contribution >= 4 is 22.8 Å². The minimum Gasteiger partial charge on any atom is -0.494 e. The van der Waals surface area contributed by atoms with Gasteiger partial charge >= 0.3 is 5.69 Å². The van der Waals surface area contributed by atoms with Gasteiger partial charge in [0.2, 0.25) is 5.95 Å². The van der Waals surface area contributed by atoms with Crippen molar-refractivity contribution in [3.05, 3.63) is 80.5 Å². The fourth-order valence-electron chi connectivity index (χ4n) is 4.68. The Labute approximate surface area is 197 Å². The van der Waals surface area contributed by atoms with Crippen molar-refractivity contribution < 1.29 is 4.74 Å². The Morgan fingerprint density at radius 1 is 1.03 bits per heavy atom. The summed E-state index contributed by atoms with van der Waals surface area (Å²) in [5.74, 6) is 1.51. The molecule has 34 heavy (non-hydrogen) atoms. The maximum Gasteiger partial charge on any atom is 0.332 e. The van der Waals surface area contributed by atoms with Gasteiger partial charge in [0.1, 0.15) is 5.75 Å². The first kappa shape index (κ1) is 22.0. The maximum absolute atomic E-state index is 13.6. The average molecular weight is 460 g/mol. The topological polar surface area (TPSA) is 74.3 Å². The standard InChI is InChI=1S/C26H29N5O3/c1-4-34-21-12-10-20(11-13-21)29-14-5-6-15-30-22-23(27-25(29)30)28(3)26(33)31(24(22)32)17-19-9-7-8-18(2)16-19/h7-13,16H,4-6,14-15,17H2,1-3H3. The van der Waals surface area contributed by atoms with Gasteiger partial charge in [-0.05, 0) is 56.5 Å². The van der Waals surface area contributed by atoms with Crippen LogP contribution < -0.4 is 20.9 Å². The Morgan fingerprint density at radius 3 is 2.53 bits per heavy atom. The van der Waals surface area contributed by atoms with Gasteiger partial charge in [-0.3, -0.25) is 13.9 Å². The molecule has 1 aliphatic heterocycles. The van der Waals surface area contributed by atoms with Crippen LogP contribution in [0, 0.1) is 6.92 Å². The highest BCUT2D eigenvalue weighted by Crippen LogP contribution is 2.31. The first-order valence-corrected chi connectivity index (χ1v) is 11.7. The Hall–Kier alpha value is -3.81. The van der Waals surface area contributed by atoms with E-state index in [0.29, 0.717) is 30.3 Å². The molecule has 4 aromatic rings. The molecule has 0 aliphatic carbocycles. The van der Waals surface area contributed by atoms with Gasteiger partial charge < -0.3 is 14.2 Å². The predicted octanol–water partition coefficient (Wildman–Crippen LogP) is 3.58. The Morgan fingerprint density at radius 2 is 1.79 bits per heavy atom. The van der Waals surface area contributed by atoms with Crippen molar-refractivity contribution in [2.45, 2.75) is 39.8 Å². The highest BCUT2D eigenvalue weighted by atomic mass is 16.5. The SMILES string of the molecule is CCOc1ccc(N2CCCCn3c2nc2c3c(=O)n(Cc3cccc(C)c3)c(=O)n2C)cc1. The summed E-state index contributed by atoms with van der Waals surface area (Å²) in [5.41, 5.74) is 3.22. The molecule has 0 saturated heterocycles. The van der Waals surface area contributed by atoms with Crippen molar-refractivity contribution in [2.75, 3.05) is 18.1 Å². The summed E-state index contributed by atoms with van der Waals surface area (Å²) in [6.45, 7) is 6.26. The lowest BCUT2D eigenvalue weighted by molar-refractivity contribution is 0.340. The molecular weight excluding hydrogens is 430 g/mol. The van der Waals surface area contributed by atoms with Crippen molar-refractivity contribution in [2.24, 2.45) is 7.05 Å². The number of aromatic nitrogens is 4. The fourth-order valence-corrected chi connectivity index (χ4v) is 4.68. The van der Waals surface area contributed by atoms with Gasteiger partial charge in [0.15, 0.2) is 11.2 Å². The number of hydrogen-bond acceptors (Lipinski definition) is 5. The van der Waals surface area contributed by atoms with E-state index in [1.807, 2.05) is 66.9 Å². The molecule has 3 heterocycles. The van der Waals surface area contributed by atoms with E-state index in [4.69, 9.17) is 9.72 Å². The smallest absolute Gasteiger partial charge is 0.332 e. The zero-order valence-corrected chi connectivity index (χ0v) is 19.8. The zero-order chi connectivity index (χ0) is 23.8. The van der Waals surface area contributed by atoms with Gasteiger partial charge in [0, 0.05) is 25.8 Å². The highest BCUT2D eigenvalue weighted by Gasteiger charge is 2.26. The first-order valence-electron chi connectivity index (χ1n) is 11.7. The average Bonchev–Trinajstić information content (AvgIpc) is 3.09. The summed E-state index contributed by atoms with van der Waals surface area (Å²) in [6, 6.07) is 15.8. The molecular formula is C26H29N5O3. The molecule has 0 fully saturated rings. The minimum absolute atomic E-state index is 0.228. The van der Waals surface area contributed by atoms with Crippen LogP contribution in [0.15, 0.2) is 58.1 Å². The van der Waals surface area contributed by atoms with Crippen molar-refractivity contribution in [1.29, 1.82) is 0 Å². The van der Waals surface area contributed by atoms with Crippen LogP contribution in [-0.4, -0.2) is 31.8 Å². The number of fused-ring (bicyclic) bond motifs is 3. The van der Waals surface area contributed by atoms with E-state index in [9.17, 15) is 9.59 Å². The van der Waals surface area contributed by atoms with E-state index in [0.717, 1.165) is 42.0 Å². The Balaban J connectivity index is 1.65. The lowest BCUT2D eigenvalue weighted by Gasteiger charge is -2.22. The van der Waals surface area contributed by atoms with Crippen LogP contribution in [0.1, 0.15) is 30.9 Å². The number of nitrogens with zero attached hydrogens (tertiary/aromatic N) is 5. The van der Waals surface area contributed by atoms with Gasteiger partial charge in [-0.2, -0.15) is 4.98 Å². The summed E-state index contributed by atoms with van der Waals surface area (Å²) in [6.07, 6.45) is 1.90. The zero-order valence-electron chi connectivity index (χ0n) is 19.8. The van der Waals surface area contributed by atoms with Crippen LogP contribution in [0.4, 0.5) is 11.6 Å². The van der Waals surface area contributed by atoms with E-state index >= 15 is 0 Å².